The zero-order chi connectivity index (χ0) is 16.8. The van der Waals surface area contributed by atoms with Crippen molar-refractivity contribution in [1.29, 1.82) is 0 Å². The number of nitro benzene ring substituents is 1. The SMILES string of the molecule is Cc1ccc(C)c2c1N[C@@H](c1ccc([N+](=O)[O-])cc1)[C@@H]1CC=C[C@@H]21. The molecule has 3 atom stereocenters. The fourth-order valence-electron chi connectivity index (χ4n) is 4.18. The van der Waals surface area contributed by atoms with Gasteiger partial charge in [0.2, 0.25) is 0 Å². The van der Waals surface area contributed by atoms with Gasteiger partial charge in [-0.15, -0.1) is 0 Å². The molecule has 0 amide bonds. The molecular formula is C20H20N2O2. The van der Waals surface area contributed by atoms with Gasteiger partial charge in [0.15, 0.2) is 0 Å². The minimum Gasteiger partial charge on any atom is -0.377 e. The molecule has 1 aliphatic heterocycles. The molecule has 2 aromatic carbocycles. The van der Waals surface area contributed by atoms with Gasteiger partial charge in [0.05, 0.1) is 11.0 Å². The fraction of sp³-hybridized carbons (Fsp3) is 0.300. The third-order valence-corrected chi connectivity index (χ3v) is 5.41. The van der Waals surface area contributed by atoms with Gasteiger partial charge in [-0.25, -0.2) is 0 Å². The van der Waals surface area contributed by atoms with E-state index in [1.54, 1.807) is 12.1 Å². The van der Waals surface area contributed by atoms with E-state index in [1.165, 1.54) is 22.4 Å². The average Bonchev–Trinajstić information content (AvgIpc) is 3.07. The molecule has 0 saturated heterocycles. The predicted molar refractivity (Wildman–Crippen MR) is 95.4 cm³/mol. The maximum atomic E-state index is 10.9. The summed E-state index contributed by atoms with van der Waals surface area (Å²) in [6, 6.07) is 11.5. The van der Waals surface area contributed by atoms with Crippen molar-refractivity contribution in [3.8, 4) is 0 Å². The summed E-state index contributed by atoms with van der Waals surface area (Å²) in [5, 5.41) is 14.6. The van der Waals surface area contributed by atoms with Gasteiger partial charge in [-0.3, -0.25) is 10.1 Å². The van der Waals surface area contributed by atoms with Gasteiger partial charge in [0, 0.05) is 23.7 Å². The summed E-state index contributed by atoms with van der Waals surface area (Å²) >= 11 is 0. The lowest BCUT2D eigenvalue weighted by molar-refractivity contribution is -0.384. The lowest BCUT2D eigenvalue weighted by Gasteiger charge is -2.39. The monoisotopic (exact) mass is 320 g/mol. The molecule has 2 aliphatic rings. The van der Waals surface area contributed by atoms with E-state index in [4.69, 9.17) is 0 Å². The number of non-ortho nitro benzene ring substituents is 1. The van der Waals surface area contributed by atoms with E-state index in [2.05, 4.69) is 43.4 Å². The second kappa shape index (κ2) is 5.48. The van der Waals surface area contributed by atoms with Crippen LogP contribution in [0, 0.1) is 29.9 Å². The zero-order valence-corrected chi connectivity index (χ0v) is 13.8. The van der Waals surface area contributed by atoms with Gasteiger partial charge in [-0.05, 0) is 48.4 Å². The molecular weight excluding hydrogens is 300 g/mol. The summed E-state index contributed by atoms with van der Waals surface area (Å²) in [6.45, 7) is 4.31. The Morgan fingerprint density at radius 1 is 1.08 bits per heavy atom. The zero-order valence-electron chi connectivity index (χ0n) is 13.8. The van der Waals surface area contributed by atoms with Gasteiger partial charge in [0.1, 0.15) is 0 Å². The number of nitrogens with zero attached hydrogens (tertiary/aromatic N) is 1. The first-order valence-corrected chi connectivity index (χ1v) is 8.34. The molecule has 0 radical (unpaired) electrons. The minimum absolute atomic E-state index is 0.142. The molecule has 4 heteroatoms. The highest BCUT2D eigenvalue weighted by atomic mass is 16.6. The van der Waals surface area contributed by atoms with Crippen molar-refractivity contribution in [2.24, 2.45) is 5.92 Å². The van der Waals surface area contributed by atoms with Crippen LogP contribution in [0.2, 0.25) is 0 Å². The molecule has 0 unspecified atom stereocenters. The topological polar surface area (TPSA) is 55.2 Å². The van der Waals surface area contributed by atoms with Gasteiger partial charge in [0.25, 0.3) is 5.69 Å². The molecule has 0 spiro atoms. The van der Waals surface area contributed by atoms with Gasteiger partial charge in [-0.1, -0.05) is 36.4 Å². The molecule has 24 heavy (non-hydrogen) atoms. The Hall–Kier alpha value is -2.62. The normalized spacial score (nSPS) is 24.2. The molecule has 2 aromatic rings. The standard InChI is InChI=1S/C20H20N2O2/c1-12-6-7-13(2)19-18(12)16-4-3-5-17(16)20(21-19)14-8-10-15(11-9-14)22(23)24/h3-4,6-11,16-17,20-21H,5H2,1-2H3/t16-,17-,20+/m1/s1. The summed E-state index contributed by atoms with van der Waals surface area (Å²) in [6.07, 6.45) is 5.63. The predicted octanol–water partition coefficient (Wildman–Crippen LogP) is 5.04. The van der Waals surface area contributed by atoms with E-state index in [0.29, 0.717) is 11.8 Å². The van der Waals surface area contributed by atoms with Crippen LogP contribution in [0.1, 0.15) is 40.6 Å². The Morgan fingerprint density at radius 2 is 1.79 bits per heavy atom. The third-order valence-electron chi connectivity index (χ3n) is 5.41. The number of anilines is 1. The van der Waals surface area contributed by atoms with Crippen molar-refractivity contribution in [2.75, 3.05) is 5.32 Å². The quantitative estimate of drug-likeness (QED) is 0.479. The summed E-state index contributed by atoms with van der Waals surface area (Å²) in [4.78, 5) is 10.6. The maximum absolute atomic E-state index is 10.9. The second-order valence-electron chi connectivity index (χ2n) is 6.81. The first kappa shape index (κ1) is 14.9. The number of allylic oxidation sites excluding steroid dienone is 2. The largest absolute Gasteiger partial charge is 0.377 e. The first-order valence-electron chi connectivity index (χ1n) is 8.34. The second-order valence-corrected chi connectivity index (χ2v) is 6.81. The van der Waals surface area contributed by atoms with Crippen molar-refractivity contribution < 1.29 is 4.92 Å². The van der Waals surface area contributed by atoms with Crippen molar-refractivity contribution in [2.45, 2.75) is 32.2 Å². The molecule has 0 bridgehead atoms. The van der Waals surface area contributed by atoms with Crippen LogP contribution in [0.4, 0.5) is 11.4 Å². The van der Waals surface area contributed by atoms with Crippen LogP contribution >= 0.6 is 0 Å². The van der Waals surface area contributed by atoms with E-state index < -0.39 is 0 Å². The molecule has 0 aromatic heterocycles. The summed E-state index contributed by atoms with van der Waals surface area (Å²) in [5.41, 5.74) is 6.47. The third kappa shape index (κ3) is 2.21. The number of hydrogen-bond donors (Lipinski definition) is 1. The average molecular weight is 320 g/mol. The number of aryl methyl sites for hydroxylation is 2. The van der Waals surface area contributed by atoms with Crippen molar-refractivity contribution in [3.05, 3.63) is 80.9 Å². The van der Waals surface area contributed by atoms with Crippen molar-refractivity contribution in [3.63, 3.8) is 0 Å². The van der Waals surface area contributed by atoms with Gasteiger partial charge >= 0.3 is 0 Å². The lowest BCUT2D eigenvalue weighted by atomic mass is 9.75. The van der Waals surface area contributed by atoms with Crippen molar-refractivity contribution >= 4 is 11.4 Å². The van der Waals surface area contributed by atoms with Crippen molar-refractivity contribution in [1.82, 2.24) is 0 Å². The van der Waals surface area contributed by atoms with Gasteiger partial charge < -0.3 is 5.32 Å². The fourth-order valence-corrected chi connectivity index (χ4v) is 4.18. The molecule has 0 saturated carbocycles. The summed E-state index contributed by atoms with van der Waals surface area (Å²) in [5.74, 6) is 0.876. The molecule has 122 valence electrons. The van der Waals surface area contributed by atoms with Crippen LogP contribution in [-0.4, -0.2) is 4.92 Å². The molecule has 1 aliphatic carbocycles. The number of rotatable bonds is 2. The molecule has 1 N–H and O–H groups in total. The summed E-state index contributed by atoms with van der Waals surface area (Å²) < 4.78 is 0. The lowest BCUT2D eigenvalue weighted by Crippen LogP contribution is -2.30. The van der Waals surface area contributed by atoms with Crippen LogP contribution < -0.4 is 5.32 Å². The van der Waals surface area contributed by atoms with Crippen LogP contribution in [0.3, 0.4) is 0 Å². The van der Waals surface area contributed by atoms with Crippen LogP contribution in [-0.2, 0) is 0 Å². The molecule has 1 heterocycles. The smallest absolute Gasteiger partial charge is 0.269 e. The highest BCUT2D eigenvalue weighted by Gasteiger charge is 2.39. The van der Waals surface area contributed by atoms with Gasteiger partial charge in [-0.2, -0.15) is 0 Å². The van der Waals surface area contributed by atoms with E-state index >= 15 is 0 Å². The Balaban J connectivity index is 1.78. The minimum atomic E-state index is -0.346. The number of nitrogens with one attached hydrogen (secondary N) is 1. The number of benzene rings is 2. The highest BCUT2D eigenvalue weighted by molar-refractivity contribution is 5.66. The van der Waals surface area contributed by atoms with Crippen LogP contribution in [0.5, 0.6) is 0 Å². The van der Waals surface area contributed by atoms with Crippen LogP contribution in [0.15, 0.2) is 48.6 Å². The number of nitro groups is 1. The highest BCUT2D eigenvalue weighted by Crippen LogP contribution is 2.51. The van der Waals surface area contributed by atoms with E-state index in [1.807, 2.05) is 12.1 Å². The molecule has 4 rings (SSSR count). The first-order chi connectivity index (χ1) is 11.6. The van der Waals surface area contributed by atoms with E-state index in [-0.39, 0.29) is 16.7 Å². The van der Waals surface area contributed by atoms with Crippen LogP contribution in [0.25, 0.3) is 0 Å². The van der Waals surface area contributed by atoms with E-state index in [9.17, 15) is 10.1 Å². The number of fused-ring (bicyclic) bond motifs is 3. The maximum Gasteiger partial charge on any atom is 0.269 e. The molecule has 4 nitrogen and oxygen atoms in total. The Bertz CT molecular complexity index is 839. The summed E-state index contributed by atoms with van der Waals surface area (Å²) in [7, 11) is 0. The Labute approximate surface area is 141 Å². The van der Waals surface area contributed by atoms with E-state index in [0.717, 1.165) is 12.0 Å². The Morgan fingerprint density at radius 3 is 2.50 bits per heavy atom. The molecule has 0 fully saturated rings. The number of hydrogen-bond acceptors (Lipinski definition) is 3. The Kier molecular flexibility index (Phi) is 3.41.